The van der Waals surface area contributed by atoms with Crippen molar-refractivity contribution in [2.24, 2.45) is 0 Å². The lowest BCUT2D eigenvalue weighted by molar-refractivity contribution is 0.932. The van der Waals surface area contributed by atoms with Gasteiger partial charge in [-0.15, -0.1) is 11.3 Å². The van der Waals surface area contributed by atoms with Gasteiger partial charge in [-0.1, -0.05) is 11.8 Å². The van der Waals surface area contributed by atoms with Crippen LogP contribution in [0.15, 0.2) is 23.6 Å². The van der Waals surface area contributed by atoms with Crippen molar-refractivity contribution < 1.29 is 0 Å². The molecule has 2 heterocycles. The number of nitrogens with two attached hydrogens (primary N) is 1. The number of hydrogen-bond acceptors (Lipinski definition) is 6. The molecule has 4 nitrogen and oxygen atoms in total. The number of aryl methyl sites for hydroxylation is 1. The van der Waals surface area contributed by atoms with E-state index < -0.39 is 0 Å². The van der Waals surface area contributed by atoms with Gasteiger partial charge in [-0.05, 0) is 13.0 Å². The number of hydrogen-bond donors (Lipinski definition) is 1. The largest absolute Gasteiger partial charge is 0.375 e. The van der Waals surface area contributed by atoms with E-state index >= 15 is 0 Å². The Bertz CT molecular complexity index is 455. The highest BCUT2D eigenvalue weighted by atomic mass is 32.2. The van der Waals surface area contributed by atoms with Crippen LogP contribution in [0.25, 0.3) is 0 Å². The molecule has 0 radical (unpaired) electrons. The maximum Gasteiger partial charge on any atom is 0.188 e. The lowest BCUT2D eigenvalue weighted by Crippen LogP contribution is -1.88. The second-order valence-electron chi connectivity index (χ2n) is 2.93. The highest BCUT2D eigenvalue weighted by Crippen LogP contribution is 2.23. The third-order valence-corrected chi connectivity index (χ3v) is 3.61. The van der Waals surface area contributed by atoms with Crippen molar-refractivity contribution in [1.29, 1.82) is 0 Å². The van der Waals surface area contributed by atoms with E-state index in [-0.39, 0.29) is 0 Å². The summed E-state index contributed by atoms with van der Waals surface area (Å²) in [6.07, 6.45) is 3.56. The Kier molecular flexibility index (Phi) is 3.17. The molecule has 0 spiro atoms. The second-order valence-corrected chi connectivity index (χ2v) is 5.02. The van der Waals surface area contributed by atoms with E-state index in [1.165, 1.54) is 11.3 Å². The fourth-order valence-electron chi connectivity index (χ4n) is 1.02. The molecule has 2 N–H and O–H groups in total. The molecule has 0 aliphatic rings. The van der Waals surface area contributed by atoms with Crippen molar-refractivity contribution in [3.63, 3.8) is 0 Å². The Morgan fingerprint density at radius 1 is 1.47 bits per heavy atom. The molecule has 2 rings (SSSR count). The van der Waals surface area contributed by atoms with Crippen LogP contribution in [0.3, 0.4) is 0 Å². The minimum atomic E-state index is 0.607. The van der Waals surface area contributed by atoms with Crippen LogP contribution in [0, 0.1) is 6.92 Å². The molecule has 0 saturated heterocycles. The van der Waals surface area contributed by atoms with Crippen LogP contribution in [-0.2, 0) is 5.75 Å². The molecule has 78 valence electrons. The number of thiazole rings is 1. The molecule has 0 saturated carbocycles. The standard InChI is InChI=1S/C9H10N4S2/c1-6-2-3-11-9(13-6)14-5-7-4-12-8(10)15-7/h2-4H,5H2,1H3,(H2,10,12). The Balaban J connectivity index is 1.99. The molecule has 2 aromatic heterocycles. The highest BCUT2D eigenvalue weighted by molar-refractivity contribution is 7.98. The van der Waals surface area contributed by atoms with Crippen molar-refractivity contribution in [2.45, 2.75) is 17.8 Å². The minimum absolute atomic E-state index is 0.607. The monoisotopic (exact) mass is 238 g/mol. The zero-order valence-corrected chi connectivity index (χ0v) is 9.81. The Labute approximate surface area is 96.0 Å². The van der Waals surface area contributed by atoms with Gasteiger partial charge in [-0.2, -0.15) is 0 Å². The number of anilines is 1. The summed E-state index contributed by atoms with van der Waals surface area (Å²) in [6.45, 7) is 1.95. The van der Waals surface area contributed by atoms with E-state index in [2.05, 4.69) is 15.0 Å². The summed E-state index contributed by atoms with van der Waals surface area (Å²) >= 11 is 3.10. The van der Waals surface area contributed by atoms with E-state index in [1.807, 2.05) is 13.0 Å². The molecular weight excluding hydrogens is 228 g/mol. The summed E-state index contributed by atoms with van der Waals surface area (Å²) in [7, 11) is 0. The van der Waals surface area contributed by atoms with E-state index in [0.717, 1.165) is 21.5 Å². The van der Waals surface area contributed by atoms with Gasteiger partial charge in [0.05, 0.1) is 0 Å². The van der Waals surface area contributed by atoms with E-state index in [0.29, 0.717) is 5.13 Å². The third-order valence-electron chi connectivity index (χ3n) is 1.69. The van der Waals surface area contributed by atoms with Gasteiger partial charge >= 0.3 is 0 Å². The molecule has 2 aromatic rings. The van der Waals surface area contributed by atoms with Crippen LogP contribution in [0.1, 0.15) is 10.6 Å². The molecule has 6 heteroatoms. The fourth-order valence-corrected chi connectivity index (χ4v) is 2.60. The maximum atomic E-state index is 5.54. The average Bonchev–Trinajstić information content (AvgIpc) is 2.62. The van der Waals surface area contributed by atoms with Crippen LogP contribution in [0.4, 0.5) is 5.13 Å². The summed E-state index contributed by atoms with van der Waals surface area (Å²) < 4.78 is 0. The molecule has 0 aliphatic heterocycles. The number of aromatic nitrogens is 3. The first kappa shape index (κ1) is 10.4. The zero-order chi connectivity index (χ0) is 10.7. The first-order valence-electron chi connectivity index (χ1n) is 4.36. The molecule has 0 fully saturated rings. The first-order chi connectivity index (χ1) is 7.24. The number of nitrogen functional groups attached to an aromatic ring is 1. The molecule has 0 atom stereocenters. The van der Waals surface area contributed by atoms with Crippen LogP contribution in [0.5, 0.6) is 0 Å². The third kappa shape index (κ3) is 2.90. The van der Waals surface area contributed by atoms with Crippen LogP contribution < -0.4 is 5.73 Å². The van der Waals surface area contributed by atoms with Gasteiger partial charge in [0.2, 0.25) is 0 Å². The van der Waals surface area contributed by atoms with Gasteiger partial charge in [-0.3, -0.25) is 0 Å². The Hall–Kier alpha value is -1.14. The van der Waals surface area contributed by atoms with E-state index in [9.17, 15) is 0 Å². The Morgan fingerprint density at radius 2 is 2.33 bits per heavy atom. The molecule has 0 bridgehead atoms. The molecule has 0 aliphatic carbocycles. The first-order valence-corrected chi connectivity index (χ1v) is 6.17. The maximum absolute atomic E-state index is 5.54. The summed E-state index contributed by atoms with van der Waals surface area (Å²) in [5.41, 5.74) is 6.52. The lowest BCUT2D eigenvalue weighted by Gasteiger charge is -1.97. The van der Waals surface area contributed by atoms with Gasteiger partial charge in [0.25, 0.3) is 0 Å². The van der Waals surface area contributed by atoms with Crippen LogP contribution >= 0.6 is 23.1 Å². The van der Waals surface area contributed by atoms with Crippen molar-refractivity contribution in [3.8, 4) is 0 Å². The number of nitrogens with zero attached hydrogens (tertiary/aromatic N) is 3. The van der Waals surface area contributed by atoms with Gasteiger partial charge in [0.15, 0.2) is 10.3 Å². The summed E-state index contributed by atoms with van der Waals surface area (Å²) in [4.78, 5) is 13.6. The summed E-state index contributed by atoms with van der Waals surface area (Å²) in [5.74, 6) is 0.818. The zero-order valence-electron chi connectivity index (χ0n) is 8.17. The Morgan fingerprint density at radius 3 is 3.00 bits per heavy atom. The van der Waals surface area contributed by atoms with Gasteiger partial charge < -0.3 is 5.73 Å². The summed E-state index contributed by atoms with van der Waals surface area (Å²) in [5, 5.41) is 1.40. The van der Waals surface area contributed by atoms with Crippen molar-refractivity contribution in [3.05, 3.63) is 29.0 Å². The van der Waals surface area contributed by atoms with Crippen molar-refractivity contribution >= 4 is 28.2 Å². The smallest absolute Gasteiger partial charge is 0.188 e. The predicted molar refractivity (Wildman–Crippen MR) is 62.9 cm³/mol. The van der Waals surface area contributed by atoms with Crippen LogP contribution in [0.2, 0.25) is 0 Å². The molecular formula is C9H10N4S2. The van der Waals surface area contributed by atoms with Crippen LogP contribution in [-0.4, -0.2) is 15.0 Å². The van der Waals surface area contributed by atoms with Gasteiger partial charge in [0, 0.05) is 28.7 Å². The van der Waals surface area contributed by atoms with E-state index in [1.54, 1.807) is 24.2 Å². The van der Waals surface area contributed by atoms with E-state index in [4.69, 9.17) is 5.73 Å². The average molecular weight is 238 g/mol. The fraction of sp³-hybridized carbons (Fsp3) is 0.222. The number of rotatable bonds is 3. The molecule has 15 heavy (non-hydrogen) atoms. The number of thioether (sulfide) groups is 1. The predicted octanol–water partition coefficient (Wildman–Crippen LogP) is 2.12. The highest BCUT2D eigenvalue weighted by Gasteiger charge is 2.02. The molecule has 0 amide bonds. The molecule has 0 unspecified atom stereocenters. The second kappa shape index (κ2) is 4.59. The van der Waals surface area contributed by atoms with Gasteiger partial charge in [0.1, 0.15) is 0 Å². The lowest BCUT2D eigenvalue weighted by atomic mass is 10.5. The topological polar surface area (TPSA) is 64.7 Å². The summed E-state index contributed by atoms with van der Waals surface area (Å²) in [6, 6.07) is 1.88. The van der Waals surface area contributed by atoms with Crippen molar-refractivity contribution in [2.75, 3.05) is 5.73 Å². The van der Waals surface area contributed by atoms with Crippen molar-refractivity contribution in [1.82, 2.24) is 15.0 Å². The normalized spacial score (nSPS) is 10.5. The molecule has 0 aromatic carbocycles. The SMILES string of the molecule is Cc1ccnc(SCc2cnc(N)s2)n1. The minimum Gasteiger partial charge on any atom is -0.375 e. The van der Waals surface area contributed by atoms with Gasteiger partial charge in [-0.25, -0.2) is 15.0 Å². The quantitative estimate of drug-likeness (QED) is 0.655.